The second-order valence-electron chi connectivity index (χ2n) is 14.8. The molecule has 0 aliphatic heterocycles. The highest BCUT2D eigenvalue weighted by molar-refractivity contribution is 6.13. The van der Waals surface area contributed by atoms with Crippen LogP contribution in [0.1, 0.15) is 22.3 Å². The van der Waals surface area contributed by atoms with E-state index in [4.69, 9.17) is 13.1 Å². The van der Waals surface area contributed by atoms with Crippen LogP contribution >= 0.6 is 0 Å². The normalized spacial score (nSPS) is 10.8. The van der Waals surface area contributed by atoms with Gasteiger partial charge in [-0.05, 0) is 101 Å². The molecule has 0 spiro atoms. The van der Waals surface area contributed by atoms with E-state index in [2.05, 4.69) is 79.5 Å². The molecule has 282 valence electrons. The monoisotopic (exact) mass is 786 g/mol. The molecule has 0 fully saturated rings. The van der Waals surface area contributed by atoms with Crippen molar-refractivity contribution in [2.45, 2.75) is 0 Å². The molecule has 2 aromatic heterocycles. The molecule has 10 rings (SSSR count). The van der Waals surface area contributed by atoms with Crippen LogP contribution in [-0.2, 0) is 0 Å². The molecule has 0 amide bonds. The quantitative estimate of drug-likeness (QED) is 0.162. The first-order chi connectivity index (χ1) is 30.5. The van der Waals surface area contributed by atoms with Gasteiger partial charge in [0.05, 0.1) is 93.1 Å². The molecule has 0 saturated carbocycles. The Morgan fingerprint density at radius 1 is 0.403 bits per heavy atom. The van der Waals surface area contributed by atoms with E-state index in [9.17, 15) is 21.0 Å². The van der Waals surface area contributed by atoms with Crippen molar-refractivity contribution in [2.75, 3.05) is 0 Å². The van der Waals surface area contributed by atoms with Gasteiger partial charge in [0.2, 0.25) is 0 Å². The zero-order chi connectivity index (χ0) is 42.5. The van der Waals surface area contributed by atoms with Gasteiger partial charge in [-0.15, -0.1) is 0 Å². The Hall–Kier alpha value is -9.70. The summed E-state index contributed by atoms with van der Waals surface area (Å²) in [6, 6.07) is 59.1. The van der Waals surface area contributed by atoms with Crippen LogP contribution in [0.5, 0.6) is 0 Å². The van der Waals surface area contributed by atoms with E-state index < -0.39 is 0 Å². The summed E-state index contributed by atoms with van der Waals surface area (Å²) in [5.41, 5.74) is 12.2. The minimum Gasteiger partial charge on any atom is -0.308 e. The molecular formula is C54H26N8. The number of benzene rings is 8. The number of hydrogen-bond donors (Lipinski definition) is 0. The van der Waals surface area contributed by atoms with Crippen molar-refractivity contribution in [1.29, 1.82) is 21.0 Å². The van der Waals surface area contributed by atoms with Crippen LogP contribution in [0, 0.1) is 58.5 Å². The van der Waals surface area contributed by atoms with E-state index in [1.54, 1.807) is 30.3 Å². The Bertz CT molecular complexity index is 3620. The maximum absolute atomic E-state index is 10.8. The minimum atomic E-state index is 0.397. The number of fused-ring (bicyclic) bond motifs is 6. The summed E-state index contributed by atoms with van der Waals surface area (Å²) in [5.74, 6) is 0. The highest BCUT2D eigenvalue weighted by atomic mass is 15.0. The third-order valence-electron chi connectivity index (χ3n) is 11.5. The molecule has 0 aliphatic carbocycles. The average Bonchev–Trinajstić information content (AvgIpc) is 3.85. The third-order valence-corrected chi connectivity index (χ3v) is 11.5. The van der Waals surface area contributed by atoms with E-state index in [1.165, 1.54) is 0 Å². The van der Waals surface area contributed by atoms with Crippen LogP contribution in [0.15, 0.2) is 158 Å². The first-order valence-corrected chi connectivity index (χ1v) is 19.5. The van der Waals surface area contributed by atoms with Gasteiger partial charge in [0, 0.05) is 27.1 Å². The Balaban J connectivity index is 1.30. The summed E-state index contributed by atoms with van der Waals surface area (Å²) in [4.78, 5) is 7.29. The summed E-state index contributed by atoms with van der Waals surface area (Å²) in [7, 11) is 0. The van der Waals surface area contributed by atoms with Gasteiger partial charge < -0.3 is 9.13 Å². The highest BCUT2D eigenvalue weighted by Crippen LogP contribution is 2.45. The van der Waals surface area contributed by atoms with Crippen LogP contribution < -0.4 is 0 Å². The van der Waals surface area contributed by atoms with Gasteiger partial charge in [-0.1, -0.05) is 84.9 Å². The number of aromatic nitrogens is 2. The SMILES string of the molecule is [C-]#[N+]c1ccc(-c2ccc3c(c2)c2ccccc2n3-c2cc(C#N)cc(-n3c4ccccc4c4cc(-c5ccc(C#N)cc5C#N)ccc43)c2-c2cccc(C#N)c2)c([N+]#[C-])c1. The number of para-hydroxylation sites is 2. The van der Waals surface area contributed by atoms with Crippen LogP contribution in [0.2, 0.25) is 0 Å². The molecule has 2 heterocycles. The van der Waals surface area contributed by atoms with Crippen molar-refractivity contribution < 1.29 is 0 Å². The van der Waals surface area contributed by atoms with Gasteiger partial charge >= 0.3 is 0 Å². The zero-order valence-electron chi connectivity index (χ0n) is 32.6. The molecule has 0 radical (unpaired) electrons. The molecule has 8 aromatic carbocycles. The lowest BCUT2D eigenvalue weighted by Gasteiger charge is -2.21. The molecule has 0 atom stereocenters. The Kier molecular flexibility index (Phi) is 8.62. The molecule has 0 bridgehead atoms. The average molecular weight is 787 g/mol. The smallest absolute Gasteiger partial charge is 0.184 e. The van der Waals surface area contributed by atoms with Crippen LogP contribution in [-0.4, -0.2) is 9.13 Å². The largest absolute Gasteiger partial charge is 0.308 e. The molecule has 0 saturated heterocycles. The van der Waals surface area contributed by atoms with E-state index in [0.717, 1.165) is 82.8 Å². The van der Waals surface area contributed by atoms with Gasteiger partial charge in [0.1, 0.15) is 0 Å². The second kappa shape index (κ2) is 14.6. The summed E-state index contributed by atoms with van der Waals surface area (Å²) in [6.45, 7) is 15.4. The van der Waals surface area contributed by atoms with E-state index in [-0.39, 0.29) is 0 Å². The van der Waals surface area contributed by atoms with Gasteiger partial charge in [0.15, 0.2) is 11.4 Å². The molecule has 8 heteroatoms. The van der Waals surface area contributed by atoms with E-state index >= 15 is 0 Å². The van der Waals surface area contributed by atoms with Crippen LogP contribution in [0.4, 0.5) is 11.4 Å². The molecule has 62 heavy (non-hydrogen) atoms. The molecule has 0 aliphatic rings. The van der Waals surface area contributed by atoms with Crippen molar-refractivity contribution in [3.8, 4) is 69.0 Å². The number of rotatable bonds is 5. The lowest BCUT2D eigenvalue weighted by Crippen LogP contribution is -2.05. The first-order valence-electron chi connectivity index (χ1n) is 19.5. The first kappa shape index (κ1) is 36.6. The predicted octanol–water partition coefficient (Wildman–Crippen LogP) is 13.5. The van der Waals surface area contributed by atoms with Gasteiger partial charge in [-0.3, -0.25) is 0 Å². The van der Waals surface area contributed by atoms with Crippen LogP contribution in [0.3, 0.4) is 0 Å². The number of hydrogen-bond acceptors (Lipinski definition) is 4. The van der Waals surface area contributed by atoms with Crippen molar-refractivity contribution in [2.24, 2.45) is 0 Å². The molecule has 0 N–H and O–H groups in total. The lowest BCUT2D eigenvalue weighted by atomic mass is 9.96. The van der Waals surface area contributed by atoms with Crippen LogP contribution in [0.25, 0.3) is 98.1 Å². The Morgan fingerprint density at radius 3 is 1.55 bits per heavy atom. The van der Waals surface area contributed by atoms with E-state index in [0.29, 0.717) is 39.2 Å². The summed E-state index contributed by atoms with van der Waals surface area (Å²) < 4.78 is 4.34. The summed E-state index contributed by atoms with van der Waals surface area (Å²) >= 11 is 0. The lowest BCUT2D eigenvalue weighted by molar-refractivity contribution is 1.13. The van der Waals surface area contributed by atoms with Crippen molar-refractivity contribution in [3.05, 3.63) is 203 Å². The fourth-order valence-electron chi connectivity index (χ4n) is 8.75. The summed E-state index contributed by atoms with van der Waals surface area (Å²) in [5, 5.41) is 44.3. The zero-order valence-corrected chi connectivity index (χ0v) is 32.6. The fourth-order valence-corrected chi connectivity index (χ4v) is 8.75. The molecule has 8 nitrogen and oxygen atoms in total. The Labute approximate surface area is 355 Å². The van der Waals surface area contributed by atoms with Gasteiger partial charge in [-0.2, -0.15) is 21.0 Å². The predicted molar refractivity (Wildman–Crippen MR) is 243 cm³/mol. The maximum atomic E-state index is 10.8. The second-order valence-corrected chi connectivity index (χ2v) is 14.8. The highest BCUT2D eigenvalue weighted by Gasteiger charge is 2.24. The number of nitriles is 4. The van der Waals surface area contributed by atoms with Crippen molar-refractivity contribution in [3.63, 3.8) is 0 Å². The topological polar surface area (TPSA) is 114 Å². The molecular weight excluding hydrogens is 761 g/mol. The van der Waals surface area contributed by atoms with Crippen molar-refractivity contribution >= 4 is 55.0 Å². The standard InChI is InChI=1S/C54H26N8/c1-59-40-17-19-42(47(28-40)60-2)37-16-21-51-46(27-37)44-11-4-6-13-49(44)62(51)53-25-35(31-57)24-52(54(53)38-9-7-8-33(22-38)29-55)61-48-12-5-3-10-43(48)45-26-36(15-20-50(45)61)41-18-14-34(30-56)23-39(41)32-58/h3-28H. The maximum Gasteiger partial charge on any atom is 0.184 e. The van der Waals surface area contributed by atoms with Gasteiger partial charge in [0.25, 0.3) is 0 Å². The fraction of sp³-hybridized carbons (Fsp3) is 0. The number of nitrogens with zero attached hydrogens (tertiary/aromatic N) is 8. The Morgan fingerprint density at radius 2 is 0.968 bits per heavy atom. The van der Waals surface area contributed by atoms with E-state index in [1.807, 2.05) is 91.0 Å². The third kappa shape index (κ3) is 5.71. The summed E-state index contributed by atoms with van der Waals surface area (Å²) in [6.07, 6.45) is 0. The minimum absolute atomic E-state index is 0.397. The molecule has 0 unspecified atom stereocenters. The van der Waals surface area contributed by atoms with Gasteiger partial charge in [-0.25, -0.2) is 9.69 Å². The van der Waals surface area contributed by atoms with Crippen molar-refractivity contribution in [1.82, 2.24) is 9.13 Å². The molecule has 10 aromatic rings.